The van der Waals surface area contributed by atoms with Gasteiger partial charge in [-0.1, -0.05) is 0 Å². The minimum Gasteiger partial charge on any atom is -0.495 e. The molecule has 0 aromatic heterocycles. The normalized spacial score (nSPS) is 10.4. The van der Waals surface area contributed by atoms with Crippen LogP contribution < -0.4 is 15.8 Å². The molecule has 0 saturated carbocycles. The van der Waals surface area contributed by atoms with Gasteiger partial charge in [0.1, 0.15) is 17.4 Å². The van der Waals surface area contributed by atoms with Crippen LogP contribution in [0.5, 0.6) is 5.75 Å². The molecule has 0 saturated heterocycles. The first-order chi connectivity index (χ1) is 9.42. The Morgan fingerprint density at radius 1 is 0.950 bits per heavy atom. The number of nitrogens with two attached hydrogens (primary N) is 1. The first-order valence-electron chi connectivity index (χ1n) is 5.47. The number of benzene rings is 2. The van der Waals surface area contributed by atoms with E-state index in [0.717, 1.165) is 12.1 Å². The molecule has 7 heteroatoms. The highest BCUT2D eigenvalue weighted by molar-refractivity contribution is 5.68. The van der Waals surface area contributed by atoms with E-state index in [2.05, 4.69) is 5.32 Å². The first kappa shape index (κ1) is 14.0. The van der Waals surface area contributed by atoms with E-state index >= 15 is 0 Å². The van der Waals surface area contributed by atoms with Crippen LogP contribution in [0.4, 0.5) is 34.6 Å². The van der Waals surface area contributed by atoms with Crippen LogP contribution in [0.3, 0.4) is 0 Å². The van der Waals surface area contributed by atoms with Gasteiger partial charge in [0.2, 0.25) is 0 Å². The fourth-order valence-corrected chi connectivity index (χ4v) is 1.63. The summed E-state index contributed by atoms with van der Waals surface area (Å²) < 4.78 is 58.1. The molecule has 0 aliphatic heterocycles. The fourth-order valence-electron chi connectivity index (χ4n) is 1.63. The average Bonchev–Trinajstić information content (AvgIpc) is 2.38. The summed E-state index contributed by atoms with van der Waals surface area (Å²) in [6.45, 7) is 0. The monoisotopic (exact) mass is 286 g/mol. The highest BCUT2D eigenvalue weighted by atomic mass is 19.2. The smallest absolute Gasteiger partial charge is 0.182 e. The Balaban J connectivity index is 2.45. The first-order valence-corrected chi connectivity index (χ1v) is 5.47. The largest absolute Gasteiger partial charge is 0.495 e. The number of rotatable bonds is 3. The second kappa shape index (κ2) is 5.28. The maximum Gasteiger partial charge on any atom is 0.182 e. The van der Waals surface area contributed by atoms with E-state index in [1.807, 2.05) is 0 Å². The highest BCUT2D eigenvalue weighted by Crippen LogP contribution is 2.31. The maximum absolute atomic E-state index is 13.7. The maximum atomic E-state index is 13.7. The second-order valence-corrected chi connectivity index (χ2v) is 3.95. The lowest BCUT2D eigenvalue weighted by molar-refractivity contribution is 0.416. The zero-order valence-electron chi connectivity index (χ0n) is 10.3. The molecule has 20 heavy (non-hydrogen) atoms. The summed E-state index contributed by atoms with van der Waals surface area (Å²) in [7, 11) is 1.32. The van der Waals surface area contributed by atoms with Crippen LogP contribution in [-0.4, -0.2) is 7.11 Å². The molecular formula is C13H10F4N2O. The van der Waals surface area contributed by atoms with Gasteiger partial charge in [0.05, 0.1) is 24.2 Å². The van der Waals surface area contributed by atoms with Crippen molar-refractivity contribution in [3.05, 3.63) is 47.5 Å². The summed E-state index contributed by atoms with van der Waals surface area (Å²) in [5.41, 5.74) is 4.77. The molecule has 0 amide bonds. The van der Waals surface area contributed by atoms with Gasteiger partial charge in [0, 0.05) is 24.3 Å². The molecule has 0 spiro atoms. The number of anilines is 3. The Morgan fingerprint density at radius 3 is 2.30 bits per heavy atom. The van der Waals surface area contributed by atoms with Crippen molar-refractivity contribution < 1.29 is 22.3 Å². The van der Waals surface area contributed by atoms with E-state index in [1.165, 1.54) is 7.11 Å². The molecule has 2 aromatic carbocycles. The van der Waals surface area contributed by atoms with Crippen molar-refractivity contribution in [3.63, 3.8) is 0 Å². The van der Waals surface area contributed by atoms with Gasteiger partial charge in [0.25, 0.3) is 0 Å². The van der Waals surface area contributed by atoms with Gasteiger partial charge in [-0.3, -0.25) is 0 Å². The van der Waals surface area contributed by atoms with Crippen LogP contribution in [0.15, 0.2) is 24.3 Å². The molecular weight excluding hydrogens is 276 g/mol. The second-order valence-electron chi connectivity index (χ2n) is 3.95. The van der Waals surface area contributed by atoms with E-state index < -0.39 is 29.0 Å². The molecule has 0 atom stereocenters. The van der Waals surface area contributed by atoms with Crippen LogP contribution >= 0.6 is 0 Å². The predicted octanol–water partition coefficient (Wildman–Crippen LogP) is 3.58. The average molecular weight is 286 g/mol. The van der Waals surface area contributed by atoms with Gasteiger partial charge in [-0.25, -0.2) is 17.6 Å². The Morgan fingerprint density at radius 2 is 1.65 bits per heavy atom. The molecule has 2 rings (SSSR count). The molecule has 0 aliphatic carbocycles. The predicted molar refractivity (Wildman–Crippen MR) is 67.0 cm³/mol. The van der Waals surface area contributed by atoms with Crippen LogP contribution in [0.1, 0.15) is 0 Å². The summed E-state index contributed by atoms with van der Waals surface area (Å²) in [6.07, 6.45) is 0. The molecule has 3 nitrogen and oxygen atoms in total. The summed E-state index contributed by atoms with van der Waals surface area (Å²) in [4.78, 5) is 0. The van der Waals surface area contributed by atoms with Crippen LogP contribution in [0, 0.1) is 23.3 Å². The molecule has 0 radical (unpaired) electrons. The quantitative estimate of drug-likeness (QED) is 0.515. The minimum absolute atomic E-state index is 0.0430. The SMILES string of the molecule is COc1cc(Nc2cc(F)cc(F)c2F)c(F)cc1N. The lowest BCUT2D eigenvalue weighted by Crippen LogP contribution is -2.02. The number of ether oxygens (including phenoxy) is 1. The number of methoxy groups -OCH3 is 1. The summed E-state index contributed by atoms with van der Waals surface area (Å²) >= 11 is 0. The van der Waals surface area contributed by atoms with Crippen molar-refractivity contribution >= 4 is 17.1 Å². The summed E-state index contributed by atoms with van der Waals surface area (Å²) in [5, 5.41) is 2.26. The van der Waals surface area contributed by atoms with Crippen LogP contribution in [0.2, 0.25) is 0 Å². The molecule has 0 unspecified atom stereocenters. The topological polar surface area (TPSA) is 47.3 Å². The third-order valence-corrected chi connectivity index (χ3v) is 2.58. The number of hydrogen-bond donors (Lipinski definition) is 2. The van der Waals surface area contributed by atoms with Gasteiger partial charge in [-0.05, 0) is 0 Å². The van der Waals surface area contributed by atoms with Crippen molar-refractivity contribution in [1.82, 2.24) is 0 Å². The van der Waals surface area contributed by atoms with E-state index in [1.54, 1.807) is 0 Å². The zero-order valence-corrected chi connectivity index (χ0v) is 10.3. The molecule has 2 aromatic rings. The van der Waals surface area contributed by atoms with E-state index in [9.17, 15) is 17.6 Å². The van der Waals surface area contributed by atoms with E-state index in [4.69, 9.17) is 10.5 Å². The summed E-state index contributed by atoms with van der Waals surface area (Å²) in [5.74, 6) is -4.36. The molecule has 106 valence electrons. The van der Waals surface area contributed by atoms with Gasteiger partial charge in [-0.2, -0.15) is 0 Å². The van der Waals surface area contributed by atoms with Crippen molar-refractivity contribution in [2.75, 3.05) is 18.2 Å². The zero-order chi connectivity index (χ0) is 14.9. The van der Waals surface area contributed by atoms with E-state index in [0.29, 0.717) is 12.1 Å². The number of nitrogens with one attached hydrogen (secondary N) is 1. The number of halogens is 4. The molecule has 0 fully saturated rings. The van der Waals surface area contributed by atoms with Crippen molar-refractivity contribution in [2.24, 2.45) is 0 Å². The van der Waals surface area contributed by atoms with Gasteiger partial charge in [-0.15, -0.1) is 0 Å². The van der Waals surface area contributed by atoms with Gasteiger partial charge in [0.15, 0.2) is 11.6 Å². The minimum atomic E-state index is -1.38. The van der Waals surface area contributed by atoms with Crippen molar-refractivity contribution in [3.8, 4) is 5.75 Å². The Hall–Kier alpha value is -2.44. The molecule has 3 N–H and O–H groups in total. The summed E-state index contributed by atoms with van der Waals surface area (Å²) in [6, 6.07) is 3.21. The van der Waals surface area contributed by atoms with Crippen LogP contribution in [0.25, 0.3) is 0 Å². The van der Waals surface area contributed by atoms with Crippen molar-refractivity contribution in [2.45, 2.75) is 0 Å². The van der Waals surface area contributed by atoms with Crippen LogP contribution in [-0.2, 0) is 0 Å². The standard InChI is InChI=1S/C13H10F4N2O/c1-20-12-5-10(7(15)4-9(12)18)19-11-3-6(14)2-8(16)13(11)17/h2-5,19H,18H2,1H3. The van der Waals surface area contributed by atoms with Gasteiger partial charge >= 0.3 is 0 Å². The number of hydrogen-bond acceptors (Lipinski definition) is 3. The highest BCUT2D eigenvalue weighted by Gasteiger charge is 2.14. The third kappa shape index (κ3) is 2.61. The molecule has 0 bridgehead atoms. The third-order valence-electron chi connectivity index (χ3n) is 2.58. The number of nitrogen functional groups attached to an aromatic ring is 1. The van der Waals surface area contributed by atoms with Crippen molar-refractivity contribution in [1.29, 1.82) is 0 Å². The molecule has 0 heterocycles. The van der Waals surface area contributed by atoms with E-state index in [-0.39, 0.29) is 17.1 Å². The molecule has 0 aliphatic rings. The lowest BCUT2D eigenvalue weighted by atomic mass is 10.2. The Bertz CT molecular complexity index is 661. The Kier molecular flexibility index (Phi) is 3.69. The fraction of sp³-hybridized carbons (Fsp3) is 0.0769. The lowest BCUT2D eigenvalue weighted by Gasteiger charge is -2.12. The van der Waals surface area contributed by atoms with Gasteiger partial charge < -0.3 is 15.8 Å². The Labute approximate surface area is 112 Å².